The summed E-state index contributed by atoms with van der Waals surface area (Å²) in [7, 11) is 2.94. The van der Waals surface area contributed by atoms with Gasteiger partial charge in [0.05, 0.1) is 14.2 Å². The minimum atomic E-state index is -0.466. The van der Waals surface area contributed by atoms with Crippen molar-refractivity contribution in [1.82, 2.24) is 4.98 Å². The Morgan fingerprint density at radius 3 is 2.65 bits per heavy atom. The topological polar surface area (TPSA) is 60.5 Å². The molecule has 1 N–H and O–H groups in total. The maximum Gasteiger partial charge on any atom is 0.356 e. The number of pyridine rings is 1. The van der Waals surface area contributed by atoms with Gasteiger partial charge in [0.1, 0.15) is 17.0 Å². The standard InChI is InChI=1S/C18H14N2O3/c1-22-15-8-7-13-16-11(10-5-3-4-6-12(10)19-13)9-14(18(21)23-2)20-17(15)16/h3-9,19H,1-2H3. The van der Waals surface area contributed by atoms with E-state index in [1.54, 1.807) is 13.2 Å². The monoisotopic (exact) mass is 306 g/mol. The van der Waals surface area contributed by atoms with Crippen molar-refractivity contribution >= 4 is 28.2 Å². The fourth-order valence-electron chi connectivity index (χ4n) is 2.98. The predicted octanol–water partition coefficient (Wildman–Crippen LogP) is 3.75. The lowest BCUT2D eigenvalue weighted by Crippen LogP contribution is -2.08. The average Bonchev–Trinajstić information content (AvgIpc) is 2.61. The van der Waals surface area contributed by atoms with Gasteiger partial charge < -0.3 is 14.8 Å². The first-order valence-electron chi connectivity index (χ1n) is 7.19. The SMILES string of the molecule is COC(=O)c1cc2c3c(ccc(OC)c3n1)Nc1ccccc1-2. The molecule has 0 aliphatic carbocycles. The average molecular weight is 306 g/mol. The van der Waals surface area contributed by atoms with E-state index in [1.807, 2.05) is 36.4 Å². The van der Waals surface area contributed by atoms with Gasteiger partial charge in [-0.15, -0.1) is 0 Å². The lowest BCUT2D eigenvalue weighted by Gasteiger charge is -2.23. The molecule has 5 nitrogen and oxygen atoms in total. The van der Waals surface area contributed by atoms with Crippen molar-refractivity contribution in [1.29, 1.82) is 0 Å². The first-order valence-corrected chi connectivity index (χ1v) is 7.19. The number of esters is 1. The van der Waals surface area contributed by atoms with Crippen LogP contribution in [0.1, 0.15) is 10.5 Å². The second kappa shape index (κ2) is 4.98. The van der Waals surface area contributed by atoms with Gasteiger partial charge in [0.2, 0.25) is 0 Å². The molecule has 1 aliphatic rings. The van der Waals surface area contributed by atoms with E-state index in [0.29, 0.717) is 11.3 Å². The number of nitrogens with zero attached hydrogens (tertiary/aromatic N) is 1. The molecule has 4 rings (SSSR count). The number of rotatable bonds is 2. The van der Waals surface area contributed by atoms with Crippen LogP contribution >= 0.6 is 0 Å². The van der Waals surface area contributed by atoms with Crippen LogP contribution in [0.15, 0.2) is 42.5 Å². The van der Waals surface area contributed by atoms with Crippen LogP contribution in [0.5, 0.6) is 5.75 Å². The Balaban J connectivity index is 2.14. The number of nitrogens with one attached hydrogen (secondary N) is 1. The van der Waals surface area contributed by atoms with Crippen LogP contribution in [0.3, 0.4) is 0 Å². The molecule has 2 aromatic carbocycles. The van der Waals surface area contributed by atoms with Gasteiger partial charge >= 0.3 is 5.97 Å². The fraction of sp³-hybridized carbons (Fsp3) is 0.111. The molecule has 0 saturated carbocycles. The maximum absolute atomic E-state index is 12.0. The molecule has 1 aromatic heterocycles. The number of benzene rings is 2. The van der Waals surface area contributed by atoms with Gasteiger partial charge in [-0.05, 0) is 29.8 Å². The van der Waals surface area contributed by atoms with Gasteiger partial charge in [-0.2, -0.15) is 0 Å². The number of hydrogen-bond donors (Lipinski definition) is 1. The van der Waals surface area contributed by atoms with Crippen molar-refractivity contribution in [3.63, 3.8) is 0 Å². The normalized spacial score (nSPS) is 11.6. The molecule has 0 amide bonds. The molecular formula is C18H14N2O3. The van der Waals surface area contributed by atoms with Gasteiger partial charge in [0, 0.05) is 22.3 Å². The number of aromatic nitrogens is 1. The zero-order valence-corrected chi connectivity index (χ0v) is 12.7. The molecule has 3 aromatic rings. The lowest BCUT2D eigenvalue weighted by atomic mass is 9.94. The number of para-hydroxylation sites is 1. The van der Waals surface area contributed by atoms with E-state index in [9.17, 15) is 4.79 Å². The second-order valence-corrected chi connectivity index (χ2v) is 5.26. The van der Waals surface area contributed by atoms with Crippen LogP contribution in [0.25, 0.3) is 22.0 Å². The predicted molar refractivity (Wildman–Crippen MR) is 88.4 cm³/mol. The number of hydrogen-bond acceptors (Lipinski definition) is 5. The Labute approximate surface area is 132 Å². The van der Waals surface area contributed by atoms with Crippen LogP contribution in [-0.4, -0.2) is 25.2 Å². The summed E-state index contributed by atoms with van der Waals surface area (Å²) in [6, 6.07) is 13.5. The summed E-state index contributed by atoms with van der Waals surface area (Å²) >= 11 is 0. The maximum atomic E-state index is 12.0. The fourth-order valence-corrected chi connectivity index (χ4v) is 2.98. The highest BCUT2D eigenvalue weighted by Crippen LogP contribution is 2.45. The Kier molecular flexibility index (Phi) is 2.94. The summed E-state index contributed by atoms with van der Waals surface area (Å²) in [5.41, 5.74) is 4.81. The van der Waals surface area contributed by atoms with Gasteiger partial charge in [-0.3, -0.25) is 0 Å². The number of ether oxygens (including phenoxy) is 2. The Bertz CT molecular complexity index is 950. The van der Waals surface area contributed by atoms with Crippen LogP contribution in [0, 0.1) is 0 Å². The molecule has 0 bridgehead atoms. The summed E-state index contributed by atoms with van der Waals surface area (Å²) in [4.78, 5) is 16.5. The largest absolute Gasteiger partial charge is 0.494 e. The third-order valence-corrected chi connectivity index (χ3v) is 4.02. The van der Waals surface area contributed by atoms with Crippen molar-refractivity contribution in [2.75, 3.05) is 19.5 Å². The van der Waals surface area contributed by atoms with Crippen LogP contribution in [0.2, 0.25) is 0 Å². The van der Waals surface area contributed by atoms with Crippen LogP contribution in [0.4, 0.5) is 11.4 Å². The molecule has 0 atom stereocenters. The molecule has 0 unspecified atom stereocenters. The third-order valence-electron chi connectivity index (χ3n) is 4.02. The summed E-state index contributed by atoms with van der Waals surface area (Å²) in [5, 5.41) is 4.35. The highest BCUT2D eigenvalue weighted by atomic mass is 16.5. The number of carbonyl (C=O) groups is 1. The summed E-state index contributed by atoms with van der Waals surface area (Å²) < 4.78 is 10.3. The molecule has 0 radical (unpaired) electrons. The number of carbonyl (C=O) groups excluding carboxylic acids is 1. The molecule has 23 heavy (non-hydrogen) atoms. The second-order valence-electron chi connectivity index (χ2n) is 5.26. The van der Waals surface area contributed by atoms with E-state index in [1.165, 1.54) is 7.11 Å². The summed E-state index contributed by atoms with van der Waals surface area (Å²) in [6.45, 7) is 0. The Morgan fingerprint density at radius 2 is 1.87 bits per heavy atom. The smallest absolute Gasteiger partial charge is 0.356 e. The summed E-state index contributed by atoms with van der Waals surface area (Å²) in [5.74, 6) is 0.156. The molecule has 0 fully saturated rings. The number of methoxy groups -OCH3 is 2. The molecule has 5 heteroatoms. The van der Waals surface area contributed by atoms with E-state index in [-0.39, 0.29) is 5.69 Å². The Hall–Kier alpha value is -3.08. The van der Waals surface area contributed by atoms with Crippen molar-refractivity contribution in [2.45, 2.75) is 0 Å². The number of fused-ring (bicyclic) bond motifs is 2. The highest BCUT2D eigenvalue weighted by Gasteiger charge is 2.23. The Morgan fingerprint density at radius 1 is 1.04 bits per heavy atom. The zero-order valence-electron chi connectivity index (χ0n) is 12.7. The molecule has 0 spiro atoms. The van der Waals surface area contributed by atoms with E-state index in [2.05, 4.69) is 10.3 Å². The first-order chi connectivity index (χ1) is 11.2. The molecule has 2 heterocycles. The van der Waals surface area contributed by atoms with Gasteiger partial charge in [-0.1, -0.05) is 18.2 Å². The molecular weight excluding hydrogens is 292 g/mol. The van der Waals surface area contributed by atoms with Crippen molar-refractivity contribution in [3.8, 4) is 16.9 Å². The summed E-state index contributed by atoms with van der Waals surface area (Å²) in [6.07, 6.45) is 0. The zero-order chi connectivity index (χ0) is 16.0. The molecule has 114 valence electrons. The van der Waals surface area contributed by atoms with E-state index < -0.39 is 5.97 Å². The van der Waals surface area contributed by atoms with E-state index >= 15 is 0 Å². The minimum Gasteiger partial charge on any atom is -0.494 e. The van der Waals surface area contributed by atoms with Crippen molar-refractivity contribution < 1.29 is 14.3 Å². The van der Waals surface area contributed by atoms with Crippen LogP contribution in [-0.2, 0) is 4.74 Å². The lowest BCUT2D eigenvalue weighted by molar-refractivity contribution is 0.0594. The van der Waals surface area contributed by atoms with Gasteiger partial charge in [0.25, 0.3) is 0 Å². The van der Waals surface area contributed by atoms with Crippen molar-refractivity contribution in [3.05, 3.63) is 48.2 Å². The minimum absolute atomic E-state index is 0.266. The first kappa shape index (κ1) is 13.6. The van der Waals surface area contributed by atoms with Gasteiger partial charge in [0.15, 0.2) is 0 Å². The van der Waals surface area contributed by atoms with Gasteiger partial charge in [-0.25, -0.2) is 9.78 Å². The van der Waals surface area contributed by atoms with E-state index in [0.717, 1.165) is 27.9 Å². The molecule has 1 aliphatic heterocycles. The molecule has 0 saturated heterocycles. The highest BCUT2D eigenvalue weighted by molar-refractivity contribution is 6.13. The third kappa shape index (κ3) is 1.93. The van der Waals surface area contributed by atoms with Crippen molar-refractivity contribution in [2.24, 2.45) is 0 Å². The van der Waals surface area contributed by atoms with E-state index in [4.69, 9.17) is 9.47 Å². The van der Waals surface area contributed by atoms with Crippen LogP contribution < -0.4 is 10.1 Å². The number of anilines is 2. The quantitative estimate of drug-likeness (QED) is 0.571.